The molecular formula is C20H24ClN3O2S. The molecule has 2 aromatic rings. The molecule has 1 aliphatic rings. The molecule has 1 amide bonds. The Morgan fingerprint density at radius 2 is 1.93 bits per heavy atom. The van der Waals surface area contributed by atoms with Gasteiger partial charge in [0.2, 0.25) is 5.91 Å². The summed E-state index contributed by atoms with van der Waals surface area (Å²) >= 11 is 7.62. The number of hydrogen-bond acceptors (Lipinski definition) is 5. The lowest BCUT2D eigenvalue weighted by Gasteiger charge is -2.37. The van der Waals surface area contributed by atoms with E-state index in [1.807, 2.05) is 13.0 Å². The van der Waals surface area contributed by atoms with Crippen molar-refractivity contribution >= 4 is 40.3 Å². The van der Waals surface area contributed by atoms with E-state index in [0.717, 1.165) is 37.1 Å². The third-order valence-corrected chi connectivity index (χ3v) is 6.09. The van der Waals surface area contributed by atoms with Gasteiger partial charge in [0.1, 0.15) is 0 Å². The summed E-state index contributed by atoms with van der Waals surface area (Å²) in [4.78, 5) is 30.0. The minimum atomic E-state index is -0.218. The molecule has 1 aliphatic heterocycles. The third-order valence-electron chi connectivity index (χ3n) is 4.88. The van der Waals surface area contributed by atoms with Gasteiger partial charge in [0.25, 0.3) is 0 Å². The quantitative estimate of drug-likeness (QED) is 0.743. The Kier molecular flexibility index (Phi) is 6.65. The molecule has 1 saturated heterocycles. The number of benzene rings is 1. The Hall–Kier alpha value is -1.73. The third kappa shape index (κ3) is 5.39. The highest BCUT2D eigenvalue weighted by Gasteiger charge is 2.25. The molecule has 1 aromatic heterocycles. The SMILES string of the molecule is CC(=O)c1cccc(NC(=O)[C@H](C)N2CCN(Cc3ccc(Cl)s3)CC2)c1. The number of hydrogen-bond donors (Lipinski definition) is 1. The molecule has 0 spiro atoms. The van der Waals surface area contributed by atoms with E-state index in [0.29, 0.717) is 11.3 Å². The molecule has 0 radical (unpaired) electrons. The molecule has 3 rings (SSSR count). The Bertz CT molecular complexity index is 815. The van der Waals surface area contributed by atoms with Crippen molar-refractivity contribution in [1.82, 2.24) is 9.80 Å². The van der Waals surface area contributed by atoms with Crippen molar-refractivity contribution in [2.45, 2.75) is 26.4 Å². The summed E-state index contributed by atoms with van der Waals surface area (Å²) in [6.07, 6.45) is 0. The molecule has 1 aromatic carbocycles. The van der Waals surface area contributed by atoms with Gasteiger partial charge in [0, 0.05) is 48.9 Å². The van der Waals surface area contributed by atoms with Crippen LogP contribution in [0.5, 0.6) is 0 Å². The number of rotatable bonds is 6. The lowest BCUT2D eigenvalue weighted by atomic mass is 10.1. The molecule has 1 N–H and O–H groups in total. The number of nitrogens with zero attached hydrogens (tertiary/aromatic N) is 2. The van der Waals surface area contributed by atoms with Crippen molar-refractivity contribution < 1.29 is 9.59 Å². The van der Waals surface area contributed by atoms with Crippen LogP contribution in [0.1, 0.15) is 29.1 Å². The second kappa shape index (κ2) is 8.97. The molecule has 0 bridgehead atoms. The standard InChI is InChI=1S/C20H24ClN3O2S/c1-14(20(26)22-17-5-3-4-16(12-17)15(2)25)24-10-8-23(9-11-24)13-18-6-7-19(21)27-18/h3-7,12,14H,8-11,13H2,1-2H3,(H,22,26)/t14-/m0/s1. The normalized spacial score (nSPS) is 16.9. The Labute approximate surface area is 168 Å². The van der Waals surface area contributed by atoms with Crippen molar-refractivity contribution in [2.24, 2.45) is 0 Å². The topological polar surface area (TPSA) is 52.7 Å². The van der Waals surface area contributed by atoms with Crippen LogP contribution in [0.25, 0.3) is 0 Å². The minimum Gasteiger partial charge on any atom is -0.325 e. The second-order valence-corrected chi connectivity index (χ2v) is 8.62. The average molecular weight is 406 g/mol. The summed E-state index contributed by atoms with van der Waals surface area (Å²) in [5.74, 6) is -0.0588. The van der Waals surface area contributed by atoms with Crippen molar-refractivity contribution in [2.75, 3.05) is 31.5 Å². The first kappa shape index (κ1) is 20.0. The highest BCUT2D eigenvalue weighted by Crippen LogP contribution is 2.23. The van der Waals surface area contributed by atoms with Crippen molar-refractivity contribution in [3.05, 3.63) is 51.2 Å². The summed E-state index contributed by atoms with van der Waals surface area (Å²) in [6.45, 7) is 7.90. The smallest absolute Gasteiger partial charge is 0.241 e. The van der Waals surface area contributed by atoms with Gasteiger partial charge >= 0.3 is 0 Å². The van der Waals surface area contributed by atoms with Gasteiger partial charge in [-0.3, -0.25) is 19.4 Å². The van der Waals surface area contributed by atoms with Crippen LogP contribution in [-0.2, 0) is 11.3 Å². The van der Waals surface area contributed by atoms with Crippen molar-refractivity contribution in [1.29, 1.82) is 0 Å². The molecule has 1 fully saturated rings. The van der Waals surface area contributed by atoms with E-state index in [1.165, 1.54) is 11.8 Å². The maximum Gasteiger partial charge on any atom is 0.241 e. The van der Waals surface area contributed by atoms with E-state index >= 15 is 0 Å². The van der Waals surface area contributed by atoms with Gasteiger partial charge in [0.05, 0.1) is 10.4 Å². The average Bonchev–Trinajstić information content (AvgIpc) is 3.06. The van der Waals surface area contributed by atoms with E-state index < -0.39 is 0 Å². The maximum atomic E-state index is 12.6. The van der Waals surface area contributed by atoms with E-state index in [2.05, 4.69) is 21.2 Å². The number of thiophene rings is 1. The molecule has 1 atom stereocenters. The molecule has 0 unspecified atom stereocenters. The van der Waals surface area contributed by atoms with E-state index in [9.17, 15) is 9.59 Å². The predicted octanol–water partition coefficient (Wildman–Crippen LogP) is 3.75. The van der Waals surface area contributed by atoms with Crippen LogP contribution in [0.15, 0.2) is 36.4 Å². The van der Waals surface area contributed by atoms with Crippen LogP contribution >= 0.6 is 22.9 Å². The fourth-order valence-corrected chi connectivity index (χ4v) is 4.32. The number of halogens is 1. The Morgan fingerprint density at radius 3 is 2.56 bits per heavy atom. The molecular weight excluding hydrogens is 382 g/mol. The van der Waals surface area contributed by atoms with Gasteiger partial charge in [-0.15, -0.1) is 11.3 Å². The van der Waals surface area contributed by atoms with E-state index in [4.69, 9.17) is 11.6 Å². The number of Topliss-reactive ketones (excluding diaryl/α,β-unsaturated/α-hetero) is 1. The summed E-state index contributed by atoms with van der Waals surface area (Å²) in [6, 6.07) is 10.9. The van der Waals surface area contributed by atoms with E-state index in [1.54, 1.807) is 35.6 Å². The first-order valence-electron chi connectivity index (χ1n) is 9.05. The number of nitrogens with one attached hydrogen (secondary N) is 1. The van der Waals surface area contributed by atoms with Gasteiger partial charge in [-0.2, -0.15) is 0 Å². The molecule has 0 saturated carbocycles. The van der Waals surface area contributed by atoms with Crippen LogP contribution in [0.4, 0.5) is 5.69 Å². The lowest BCUT2D eigenvalue weighted by Crippen LogP contribution is -2.52. The van der Waals surface area contributed by atoms with Crippen LogP contribution in [0.2, 0.25) is 4.34 Å². The summed E-state index contributed by atoms with van der Waals surface area (Å²) in [5.41, 5.74) is 1.26. The number of carbonyl (C=O) groups is 2. The van der Waals surface area contributed by atoms with E-state index in [-0.39, 0.29) is 17.7 Å². The van der Waals surface area contributed by atoms with Gasteiger partial charge in [0.15, 0.2) is 5.78 Å². The minimum absolute atomic E-state index is 0.0118. The van der Waals surface area contributed by atoms with Crippen molar-refractivity contribution in [3.8, 4) is 0 Å². The molecule has 2 heterocycles. The first-order chi connectivity index (χ1) is 12.9. The van der Waals surface area contributed by atoms with Gasteiger partial charge < -0.3 is 5.32 Å². The van der Waals surface area contributed by atoms with Crippen LogP contribution < -0.4 is 5.32 Å². The molecule has 144 valence electrons. The predicted molar refractivity (Wildman–Crippen MR) is 111 cm³/mol. The lowest BCUT2D eigenvalue weighted by molar-refractivity contribution is -0.121. The van der Waals surface area contributed by atoms with Gasteiger partial charge in [-0.05, 0) is 38.1 Å². The molecule has 5 nitrogen and oxygen atoms in total. The summed E-state index contributed by atoms with van der Waals surface area (Å²) in [5, 5.41) is 2.93. The largest absolute Gasteiger partial charge is 0.325 e. The van der Waals surface area contributed by atoms with Crippen LogP contribution in [0.3, 0.4) is 0 Å². The van der Waals surface area contributed by atoms with Crippen LogP contribution in [0, 0.1) is 0 Å². The summed E-state index contributed by atoms with van der Waals surface area (Å²) < 4.78 is 0.822. The monoisotopic (exact) mass is 405 g/mol. The zero-order chi connectivity index (χ0) is 19.4. The Balaban J connectivity index is 1.51. The number of anilines is 1. The molecule has 27 heavy (non-hydrogen) atoms. The zero-order valence-electron chi connectivity index (χ0n) is 15.6. The van der Waals surface area contributed by atoms with Gasteiger partial charge in [-0.1, -0.05) is 23.7 Å². The molecule has 7 heteroatoms. The fraction of sp³-hybridized carbons (Fsp3) is 0.400. The number of amides is 1. The number of piperazine rings is 1. The fourth-order valence-electron chi connectivity index (χ4n) is 3.19. The van der Waals surface area contributed by atoms with Crippen LogP contribution in [-0.4, -0.2) is 53.7 Å². The highest BCUT2D eigenvalue weighted by molar-refractivity contribution is 7.16. The number of ketones is 1. The first-order valence-corrected chi connectivity index (χ1v) is 10.2. The van der Waals surface area contributed by atoms with Crippen molar-refractivity contribution in [3.63, 3.8) is 0 Å². The highest BCUT2D eigenvalue weighted by atomic mass is 35.5. The maximum absolute atomic E-state index is 12.6. The zero-order valence-corrected chi connectivity index (χ0v) is 17.1. The number of carbonyl (C=O) groups excluding carboxylic acids is 2. The Morgan fingerprint density at radius 1 is 1.19 bits per heavy atom. The molecule has 0 aliphatic carbocycles. The second-order valence-electron chi connectivity index (χ2n) is 6.82. The summed E-state index contributed by atoms with van der Waals surface area (Å²) in [7, 11) is 0. The van der Waals surface area contributed by atoms with Gasteiger partial charge in [-0.25, -0.2) is 0 Å².